The lowest BCUT2D eigenvalue weighted by atomic mass is 10.1. The summed E-state index contributed by atoms with van der Waals surface area (Å²) in [5.74, 6) is 0.0689. The van der Waals surface area contributed by atoms with E-state index >= 15 is 0 Å². The molecule has 1 aliphatic heterocycles. The first-order valence-corrected chi connectivity index (χ1v) is 6.71. The summed E-state index contributed by atoms with van der Waals surface area (Å²) in [5, 5.41) is 4.06. The topological polar surface area (TPSA) is 77.0 Å². The van der Waals surface area contributed by atoms with E-state index in [2.05, 4.69) is 10.1 Å². The number of carbonyl (C=O) groups excluding carboxylic acids is 1. The fraction of sp³-hybridized carbons (Fsp3) is 0.357. The number of nitrogens with zero attached hydrogens (tertiary/aromatic N) is 4. The van der Waals surface area contributed by atoms with E-state index < -0.39 is 0 Å². The van der Waals surface area contributed by atoms with Crippen molar-refractivity contribution in [2.24, 2.45) is 0 Å². The van der Waals surface area contributed by atoms with E-state index in [1.807, 2.05) is 23.2 Å². The Morgan fingerprint density at radius 2 is 2.35 bits per heavy atom. The number of nitrogen functional groups attached to an aromatic ring is 1. The molecule has 2 aromatic rings. The van der Waals surface area contributed by atoms with Gasteiger partial charge in [0.15, 0.2) is 0 Å². The molecule has 2 aromatic heterocycles. The van der Waals surface area contributed by atoms with Gasteiger partial charge in [0.25, 0.3) is 0 Å². The molecule has 1 atom stereocenters. The van der Waals surface area contributed by atoms with Crippen molar-refractivity contribution in [3.05, 3.63) is 42.5 Å². The van der Waals surface area contributed by atoms with E-state index in [1.165, 1.54) is 0 Å². The van der Waals surface area contributed by atoms with Crippen LogP contribution in [-0.2, 0) is 11.3 Å². The lowest BCUT2D eigenvalue weighted by molar-refractivity contribution is -0.133. The quantitative estimate of drug-likeness (QED) is 0.910. The molecule has 1 unspecified atom stereocenters. The average Bonchev–Trinajstić information content (AvgIpc) is 3.09. The summed E-state index contributed by atoms with van der Waals surface area (Å²) < 4.78 is 1.58. The summed E-state index contributed by atoms with van der Waals surface area (Å²) in [6, 6.07) is 4.06. The summed E-state index contributed by atoms with van der Waals surface area (Å²) in [5.41, 5.74) is 7.28. The standard InChI is InChI=1S/C14H17N5O/c15-12-8-17-18(9-12)10-14(20)19-6-2-4-13(19)11-3-1-5-16-7-11/h1,3,5,7-9,13H,2,4,6,10,15H2. The molecule has 0 aromatic carbocycles. The van der Waals surface area contributed by atoms with Gasteiger partial charge in [0.05, 0.1) is 17.9 Å². The van der Waals surface area contributed by atoms with E-state index in [1.54, 1.807) is 23.3 Å². The lowest BCUT2D eigenvalue weighted by Gasteiger charge is -2.24. The van der Waals surface area contributed by atoms with Gasteiger partial charge >= 0.3 is 0 Å². The molecule has 0 radical (unpaired) electrons. The van der Waals surface area contributed by atoms with E-state index in [0.717, 1.165) is 24.9 Å². The molecule has 3 heterocycles. The summed E-state index contributed by atoms with van der Waals surface area (Å²) in [6.45, 7) is 1.02. The number of hydrogen-bond donors (Lipinski definition) is 1. The molecule has 6 heteroatoms. The zero-order valence-electron chi connectivity index (χ0n) is 11.1. The Bertz CT molecular complexity index is 595. The molecular weight excluding hydrogens is 254 g/mol. The highest BCUT2D eigenvalue weighted by Crippen LogP contribution is 2.31. The lowest BCUT2D eigenvalue weighted by Crippen LogP contribution is -2.33. The van der Waals surface area contributed by atoms with Gasteiger partial charge in [-0.15, -0.1) is 0 Å². The van der Waals surface area contributed by atoms with Crippen LogP contribution in [0.3, 0.4) is 0 Å². The highest BCUT2D eigenvalue weighted by atomic mass is 16.2. The first-order valence-electron chi connectivity index (χ1n) is 6.71. The maximum atomic E-state index is 12.4. The van der Waals surface area contributed by atoms with Gasteiger partial charge in [0.2, 0.25) is 5.91 Å². The summed E-state index contributed by atoms with van der Waals surface area (Å²) in [7, 11) is 0. The van der Waals surface area contributed by atoms with Crippen molar-refractivity contribution in [3.8, 4) is 0 Å². The molecule has 0 aliphatic carbocycles. The van der Waals surface area contributed by atoms with Gasteiger partial charge < -0.3 is 10.6 Å². The van der Waals surface area contributed by atoms with Crippen molar-refractivity contribution in [2.45, 2.75) is 25.4 Å². The molecular formula is C14H17N5O. The van der Waals surface area contributed by atoms with Crippen molar-refractivity contribution < 1.29 is 4.79 Å². The number of hydrogen-bond acceptors (Lipinski definition) is 4. The van der Waals surface area contributed by atoms with E-state index in [-0.39, 0.29) is 18.5 Å². The van der Waals surface area contributed by atoms with Crippen LogP contribution in [0.5, 0.6) is 0 Å². The maximum absolute atomic E-state index is 12.4. The molecule has 2 N–H and O–H groups in total. The summed E-state index contributed by atoms with van der Waals surface area (Å²) in [4.78, 5) is 18.5. The second-order valence-corrected chi connectivity index (χ2v) is 5.00. The normalized spacial score (nSPS) is 18.4. The number of pyridine rings is 1. The van der Waals surface area contributed by atoms with Crippen molar-refractivity contribution in [2.75, 3.05) is 12.3 Å². The van der Waals surface area contributed by atoms with Crippen molar-refractivity contribution >= 4 is 11.6 Å². The van der Waals surface area contributed by atoms with Crippen LogP contribution in [0.1, 0.15) is 24.4 Å². The van der Waals surface area contributed by atoms with Gasteiger partial charge in [0.1, 0.15) is 6.54 Å². The second-order valence-electron chi connectivity index (χ2n) is 5.00. The number of likely N-dealkylation sites (tertiary alicyclic amines) is 1. The van der Waals surface area contributed by atoms with E-state index in [4.69, 9.17) is 5.73 Å². The minimum Gasteiger partial charge on any atom is -0.396 e. The number of carbonyl (C=O) groups is 1. The van der Waals surface area contributed by atoms with Crippen LogP contribution in [0, 0.1) is 0 Å². The molecule has 1 aliphatic rings. The Balaban J connectivity index is 1.73. The Kier molecular flexibility index (Phi) is 3.37. The van der Waals surface area contributed by atoms with Crippen LogP contribution in [0.2, 0.25) is 0 Å². The van der Waals surface area contributed by atoms with Crippen molar-refractivity contribution in [1.29, 1.82) is 0 Å². The third-order valence-corrected chi connectivity index (χ3v) is 3.59. The van der Waals surface area contributed by atoms with E-state index in [0.29, 0.717) is 5.69 Å². The maximum Gasteiger partial charge on any atom is 0.244 e. The number of anilines is 1. The SMILES string of the molecule is Nc1cnn(CC(=O)N2CCCC2c2cccnc2)c1. The predicted molar refractivity (Wildman–Crippen MR) is 74.6 cm³/mol. The van der Waals surface area contributed by atoms with Gasteiger partial charge in [-0.2, -0.15) is 5.10 Å². The largest absolute Gasteiger partial charge is 0.396 e. The van der Waals surface area contributed by atoms with Crippen LogP contribution in [0.25, 0.3) is 0 Å². The minimum atomic E-state index is 0.0689. The zero-order chi connectivity index (χ0) is 13.9. The molecule has 20 heavy (non-hydrogen) atoms. The van der Waals surface area contributed by atoms with Crippen LogP contribution in [0.4, 0.5) is 5.69 Å². The molecule has 3 rings (SSSR count). The minimum absolute atomic E-state index is 0.0689. The average molecular weight is 271 g/mol. The van der Waals surface area contributed by atoms with Gasteiger partial charge in [0, 0.05) is 25.1 Å². The second kappa shape index (κ2) is 5.32. The van der Waals surface area contributed by atoms with Crippen LogP contribution >= 0.6 is 0 Å². The first-order chi connectivity index (χ1) is 9.74. The van der Waals surface area contributed by atoms with Gasteiger partial charge in [-0.3, -0.25) is 14.5 Å². The van der Waals surface area contributed by atoms with Gasteiger partial charge in [-0.1, -0.05) is 6.07 Å². The Labute approximate surface area is 117 Å². The van der Waals surface area contributed by atoms with E-state index in [9.17, 15) is 4.79 Å². The molecule has 104 valence electrons. The molecule has 0 bridgehead atoms. The monoisotopic (exact) mass is 271 g/mol. The van der Waals surface area contributed by atoms with Gasteiger partial charge in [-0.25, -0.2) is 0 Å². The van der Waals surface area contributed by atoms with Crippen LogP contribution in [0.15, 0.2) is 36.9 Å². The first kappa shape index (κ1) is 12.7. The molecule has 1 fully saturated rings. The highest BCUT2D eigenvalue weighted by molar-refractivity contribution is 5.76. The van der Waals surface area contributed by atoms with Crippen LogP contribution < -0.4 is 5.73 Å². The number of rotatable bonds is 3. The Hall–Kier alpha value is -2.37. The number of aromatic nitrogens is 3. The Morgan fingerprint density at radius 1 is 1.45 bits per heavy atom. The predicted octanol–water partition coefficient (Wildman–Crippen LogP) is 1.22. The third-order valence-electron chi connectivity index (χ3n) is 3.59. The number of amides is 1. The summed E-state index contributed by atoms with van der Waals surface area (Å²) >= 11 is 0. The van der Waals surface area contributed by atoms with Crippen molar-refractivity contribution in [1.82, 2.24) is 19.7 Å². The Morgan fingerprint density at radius 3 is 3.05 bits per heavy atom. The fourth-order valence-corrected chi connectivity index (χ4v) is 2.68. The smallest absolute Gasteiger partial charge is 0.244 e. The van der Waals surface area contributed by atoms with Gasteiger partial charge in [-0.05, 0) is 24.5 Å². The fourth-order valence-electron chi connectivity index (χ4n) is 2.68. The molecule has 1 amide bonds. The molecule has 0 spiro atoms. The molecule has 1 saturated heterocycles. The van der Waals surface area contributed by atoms with Crippen LogP contribution in [-0.4, -0.2) is 32.1 Å². The van der Waals surface area contributed by atoms with Crippen molar-refractivity contribution in [3.63, 3.8) is 0 Å². The zero-order valence-corrected chi connectivity index (χ0v) is 11.1. The number of nitrogens with two attached hydrogens (primary N) is 1. The summed E-state index contributed by atoms with van der Waals surface area (Å²) in [6.07, 6.45) is 8.81. The molecule has 0 saturated carbocycles. The molecule has 6 nitrogen and oxygen atoms in total. The third kappa shape index (κ3) is 2.49. The highest BCUT2D eigenvalue weighted by Gasteiger charge is 2.30.